The highest BCUT2D eigenvalue weighted by Gasteiger charge is 2.55. The van der Waals surface area contributed by atoms with Crippen LogP contribution in [0.15, 0.2) is 58.7 Å². The SMILES string of the molecule is O=C(N(CCc1csc2nc(-c3ccc(F)cc3)cn12)Cc1ccco1)C12CC3CC(CC(C3)C1)C2. The molecule has 3 heterocycles. The standard InChI is InChI=1S/C29H30FN3O2S/c30-23-5-3-22(4-6-23)26-17-33-24(18-36-28(33)31-26)7-8-32(16-25-2-1-9-35-25)27(34)29-13-19-10-20(14-29)12-21(11-19)15-29/h1-6,9,17-21H,7-8,10-16H2. The van der Waals surface area contributed by atoms with Crippen molar-refractivity contribution in [2.75, 3.05) is 6.54 Å². The third-order valence-electron chi connectivity index (χ3n) is 8.77. The fourth-order valence-electron chi connectivity index (χ4n) is 7.57. The number of fused-ring (bicyclic) bond motifs is 1. The molecule has 7 heteroatoms. The van der Waals surface area contributed by atoms with Gasteiger partial charge in [-0.3, -0.25) is 9.20 Å². The summed E-state index contributed by atoms with van der Waals surface area (Å²) in [7, 11) is 0. The predicted octanol–water partition coefficient (Wildman–Crippen LogP) is 6.58. The van der Waals surface area contributed by atoms with Gasteiger partial charge in [-0.25, -0.2) is 9.37 Å². The number of benzene rings is 1. The van der Waals surface area contributed by atoms with Crippen LogP contribution in [0, 0.1) is 29.0 Å². The molecule has 4 aromatic rings. The molecule has 1 amide bonds. The highest BCUT2D eigenvalue weighted by molar-refractivity contribution is 7.15. The maximum absolute atomic E-state index is 14.2. The van der Waals surface area contributed by atoms with E-state index in [2.05, 4.69) is 14.7 Å². The Kier molecular flexibility index (Phi) is 5.31. The molecular weight excluding hydrogens is 473 g/mol. The molecular formula is C29H30FN3O2S. The minimum absolute atomic E-state index is 0.171. The third-order valence-corrected chi connectivity index (χ3v) is 9.66. The van der Waals surface area contributed by atoms with Crippen LogP contribution in [-0.2, 0) is 17.8 Å². The minimum atomic E-state index is -0.249. The van der Waals surface area contributed by atoms with Gasteiger partial charge in [0.15, 0.2) is 4.96 Å². The Morgan fingerprint density at radius 2 is 1.83 bits per heavy atom. The molecule has 0 spiro atoms. The van der Waals surface area contributed by atoms with E-state index in [1.165, 1.54) is 31.4 Å². The lowest BCUT2D eigenvalue weighted by Crippen LogP contribution is -2.54. The Morgan fingerprint density at radius 3 is 2.50 bits per heavy atom. The number of carbonyl (C=O) groups is 1. The number of hydrogen-bond acceptors (Lipinski definition) is 4. The zero-order valence-corrected chi connectivity index (χ0v) is 21.1. The van der Waals surface area contributed by atoms with Crippen molar-refractivity contribution in [1.82, 2.24) is 14.3 Å². The van der Waals surface area contributed by atoms with E-state index in [9.17, 15) is 9.18 Å². The van der Waals surface area contributed by atoms with E-state index in [-0.39, 0.29) is 11.2 Å². The van der Waals surface area contributed by atoms with E-state index < -0.39 is 0 Å². The quantitative estimate of drug-likeness (QED) is 0.286. The Balaban J connectivity index is 1.14. The average Bonchev–Trinajstić information content (AvgIpc) is 3.59. The smallest absolute Gasteiger partial charge is 0.229 e. The molecule has 4 saturated carbocycles. The fraction of sp³-hybridized carbons (Fsp3) is 0.448. The molecule has 186 valence electrons. The molecule has 4 fully saturated rings. The summed E-state index contributed by atoms with van der Waals surface area (Å²) >= 11 is 1.60. The van der Waals surface area contributed by atoms with Crippen molar-refractivity contribution < 1.29 is 13.6 Å². The van der Waals surface area contributed by atoms with Crippen LogP contribution >= 0.6 is 11.3 Å². The van der Waals surface area contributed by atoms with E-state index in [0.29, 0.717) is 19.0 Å². The lowest BCUT2D eigenvalue weighted by atomic mass is 9.49. The van der Waals surface area contributed by atoms with E-state index in [1.54, 1.807) is 29.7 Å². The third kappa shape index (κ3) is 3.88. The summed E-state index contributed by atoms with van der Waals surface area (Å²) < 4.78 is 21.1. The predicted molar refractivity (Wildman–Crippen MR) is 137 cm³/mol. The van der Waals surface area contributed by atoms with Gasteiger partial charge in [-0.1, -0.05) is 0 Å². The highest BCUT2D eigenvalue weighted by Crippen LogP contribution is 2.60. The monoisotopic (exact) mass is 503 g/mol. The van der Waals surface area contributed by atoms with Gasteiger partial charge in [0, 0.05) is 35.8 Å². The number of halogens is 1. The second-order valence-electron chi connectivity index (χ2n) is 11.3. The minimum Gasteiger partial charge on any atom is -0.467 e. The molecule has 0 atom stereocenters. The van der Waals surface area contributed by atoms with Crippen LogP contribution in [0.3, 0.4) is 0 Å². The van der Waals surface area contributed by atoms with Gasteiger partial charge >= 0.3 is 0 Å². The van der Waals surface area contributed by atoms with Gasteiger partial charge in [0.05, 0.1) is 23.9 Å². The number of imidazole rings is 1. The second kappa shape index (κ2) is 8.58. The topological polar surface area (TPSA) is 50.8 Å². The Bertz CT molecular complexity index is 1350. The number of thiazole rings is 1. The van der Waals surface area contributed by atoms with Crippen molar-refractivity contribution in [3.05, 3.63) is 71.5 Å². The van der Waals surface area contributed by atoms with Gasteiger partial charge in [0.1, 0.15) is 11.6 Å². The fourth-order valence-corrected chi connectivity index (χ4v) is 8.48. The zero-order chi connectivity index (χ0) is 24.3. The summed E-state index contributed by atoms with van der Waals surface area (Å²) in [5, 5.41) is 2.14. The maximum atomic E-state index is 14.2. The number of furan rings is 1. The summed E-state index contributed by atoms with van der Waals surface area (Å²) in [6.45, 7) is 1.17. The molecule has 0 aliphatic heterocycles. The molecule has 0 radical (unpaired) electrons. The van der Waals surface area contributed by atoms with Crippen molar-refractivity contribution in [2.45, 2.75) is 51.5 Å². The van der Waals surface area contributed by atoms with Crippen LogP contribution in [-0.4, -0.2) is 26.7 Å². The molecule has 0 unspecified atom stereocenters. The number of amides is 1. The largest absolute Gasteiger partial charge is 0.467 e. The van der Waals surface area contributed by atoms with Crippen molar-refractivity contribution in [3.8, 4) is 11.3 Å². The van der Waals surface area contributed by atoms with Crippen LogP contribution in [0.1, 0.15) is 50.0 Å². The van der Waals surface area contributed by atoms with Gasteiger partial charge < -0.3 is 9.32 Å². The van der Waals surface area contributed by atoms with Gasteiger partial charge in [0.2, 0.25) is 5.91 Å². The molecule has 0 saturated heterocycles. The van der Waals surface area contributed by atoms with Gasteiger partial charge in [-0.15, -0.1) is 11.3 Å². The zero-order valence-electron chi connectivity index (χ0n) is 20.2. The lowest BCUT2D eigenvalue weighted by molar-refractivity contribution is -0.158. The maximum Gasteiger partial charge on any atom is 0.229 e. The summed E-state index contributed by atoms with van der Waals surface area (Å²) in [5.74, 6) is 3.13. The molecule has 4 bridgehead atoms. The van der Waals surface area contributed by atoms with Crippen LogP contribution in [0.4, 0.5) is 4.39 Å². The number of hydrogen-bond donors (Lipinski definition) is 0. The van der Waals surface area contributed by atoms with Gasteiger partial charge in [-0.2, -0.15) is 0 Å². The van der Waals surface area contributed by atoms with Gasteiger partial charge in [-0.05, 0) is 92.7 Å². The first kappa shape index (κ1) is 22.3. The highest BCUT2D eigenvalue weighted by atomic mass is 32.1. The molecule has 8 rings (SSSR count). The van der Waals surface area contributed by atoms with E-state index in [1.807, 2.05) is 18.3 Å². The number of aromatic nitrogens is 2. The van der Waals surface area contributed by atoms with Crippen molar-refractivity contribution >= 4 is 22.2 Å². The molecule has 4 aliphatic rings. The Hall–Kier alpha value is -2.93. The average molecular weight is 504 g/mol. The van der Waals surface area contributed by atoms with Crippen molar-refractivity contribution in [2.24, 2.45) is 23.2 Å². The van der Waals surface area contributed by atoms with Crippen LogP contribution in [0.2, 0.25) is 0 Å². The first-order chi connectivity index (χ1) is 17.5. The first-order valence-corrected chi connectivity index (χ1v) is 14.0. The van der Waals surface area contributed by atoms with E-state index in [4.69, 9.17) is 9.40 Å². The molecule has 5 nitrogen and oxygen atoms in total. The Labute approximate surface area is 213 Å². The number of nitrogens with zero attached hydrogens (tertiary/aromatic N) is 3. The molecule has 3 aromatic heterocycles. The van der Waals surface area contributed by atoms with Crippen molar-refractivity contribution in [3.63, 3.8) is 0 Å². The molecule has 1 aromatic carbocycles. The van der Waals surface area contributed by atoms with Crippen LogP contribution < -0.4 is 0 Å². The molecule has 36 heavy (non-hydrogen) atoms. The first-order valence-electron chi connectivity index (χ1n) is 13.1. The molecule has 0 N–H and O–H groups in total. The van der Waals surface area contributed by atoms with Gasteiger partial charge in [0.25, 0.3) is 0 Å². The summed E-state index contributed by atoms with van der Waals surface area (Å²) in [6, 6.07) is 10.3. The van der Waals surface area contributed by atoms with E-state index >= 15 is 0 Å². The Morgan fingerprint density at radius 1 is 1.11 bits per heavy atom. The van der Waals surface area contributed by atoms with E-state index in [0.717, 1.165) is 71.1 Å². The van der Waals surface area contributed by atoms with Crippen molar-refractivity contribution in [1.29, 1.82) is 0 Å². The second-order valence-corrected chi connectivity index (χ2v) is 12.1. The summed E-state index contributed by atoms with van der Waals surface area (Å²) in [4.78, 5) is 21.9. The number of carbonyl (C=O) groups excluding carboxylic acids is 1. The molecule has 4 aliphatic carbocycles. The summed E-state index contributed by atoms with van der Waals surface area (Å²) in [5.41, 5.74) is 2.70. The lowest BCUT2D eigenvalue weighted by Gasteiger charge is -2.56. The van der Waals surface area contributed by atoms with Crippen LogP contribution in [0.25, 0.3) is 16.2 Å². The van der Waals surface area contributed by atoms with Crippen LogP contribution in [0.5, 0.6) is 0 Å². The number of rotatable bonds is 7. The summed E-state index contributed by atoms with van der Waals surface area (Å²) in [6.07, 6.45) is 11.6. The normalized spacial score (nSPS) is 26.6.